The van der Waals surface area contributed by atoms with E-state index in [1.54, 1.807) is 4.90 Å². The number of carbonyl (C=O) groups excluding carboxylic acids is 1. The molecular formula is C16H19NO3. The SMILES string of the molecule is O=C(O)[C@@H]1CCCN(C(=O)C2CC2c2ccccc2)C1. The van der Waals surface area contributed by atoms with Gasteiger partial charge >= 0.3 is 5.97 Å². The number of aliphatic carboxylic acids is 1. The minimum Gasteiger partial charge on any atom is -0.481 e. The van der Waals surface area contributed by atoms with Crippen LogP contribution in [0.3, 0.4) is 0 Å². The molecule has 0 radical (unpaired) electrons. The first-order valence-electron chi connectivity index (χ1n) is 7.23. The van der Waals surface area contributed by atoms with Crippen LogP contribution < -0.4 is 0 Å². The maximum Gasteiger partial charge on any atom is 0.308 e. The number of rotatable bonds is 3. The Morgan fingerprint density at radius 3 is 2.65 bits per heavy atom. The van der Waals surface area contributed by atoms with Gasteiger partial charge < -0.3 is 10.0 Å². The summed E-state index contributed by atoms with van der Waals surface area (Å²) in [6.07, 6.45) is 2.38. The second-order valence-corrected chi connectivity index (χ2v) is 5.82. The summed E-state index contributed by atoms with van der Waals surface area (Å²) in [5.41, 5.74) is 1.22. The van der Waals surface area contributed by atoms with Crippen LogP contribution in [-0.2, 0) is 9.59 Å². The Balaban J connectivity index is 1.62. The Morgan fingerprint density at radius 1 is 1.20 bits per heavy atom. The normalized spacial score (nSPS) is 29.0. The molecule has 1 saturated carbocycles. The van der Waals surface area contributed by atoms with E-state index in [9.17, 15) is 9.59 Å². The van der Waals surface area contributed by atoms with Gasteiger partial charge in [-0.3, -0.25) is 9.59 Å². The largest absolute Gasteiger partial charge is 0.481 e. The molecule has 1 N–H and O–H groups in total. The van der Waals surface area contributed by atoms with Gasteiger partial charge in [0.1, 0.15) is 0 Å². The van der Waals surface area contributed by atoms with Gasteiger partial charge in [-0.25, -0.2) is 0 Å². The number of likely N-dealkylation sites (tertiary alicyclic amines) is 1. The molecule has 4 heteroatoms. The molecule has 3 rings (SSSR count). The minimum atomic E-state index is -0.780. The zero-order valence-corrected chi connectivity index (χ0v) is 11.4. The van der Waals surface area contributed by atoms with Crippen LogP contribution in [0, 0.1) is 11.8 Å². The predicted octanol–water partition coefficient (Wildman–Crippen LogP) is 2.11. The first kappa shape index (κ1) is 13.2. The summed E-state index contributed by atoms with van der Waals surface area (Å²) >= 11 is 0. The molecule has 2 fully saturated rings. The Morgan fingerprint density at radius 2 is 1.95 bits per heavy atom. The molecule has 0 bridgehead atoms. The van der Waals surface area contributed by atoms with Crippen molar-refractivity contribution < 1.29 is 14.7 Å². The van der Waals surface area contributed by atoms with E-state index in [-0.39, 0.29) is 17.7 Å². The van der Waals surface area contributed by atoms with E-state index < -0.39 is 5.97 Å². The van der Waals surface area contributed by atoms with Gasteiger partial charge in [-0.1, -0.05) is 30.3 Å². The maximum atomic E-state index is 12.4. The van der Waals surface area contributed by atoms with Crippen molar-refractivity contribution in [2.75, 3.05) is 13.1 Å². The fraction of sp³-hybridized carbons (Fsp3) is 0.500. The summed E-state index contributed by atoms with van der Waals surface area (Å²) < 4.78 is 0. The molecule has 1 aliphatic carbocycles. The van der Waals surface area contributed by atoms with Gasteiger partial charge in [0, 0.05) is 19.0 Å². The monoisotopic (exact) mass is 273 g/mol. The van der Waals surface area contributed by atoms with Crippen LogP contribution in [0.25, 0.3) is 0 Å². The van der Waals surface area contributed by atoms with Gasteiger partial charge in [-0.2, -0.15) is 0 Å². The standard InChI is InChI=1S/C16H19NO3/c18-15(17-8-4-7-12(10-17)16(19)20)14-9-13(14)11-5-2-1-3-6-11/h1-3,5-6,12-14H,4,7-10H2,(H,19,20)/t12-,13?,14?/m1/s1. The topological polar surface area (TPSA) is 57.6 Å². The highest BCUT2D eigenvalue weighted by atomic mass is 16.4. The third kappa shape index (κ3) is 2.55. The van der Waals surface area contributed by atoms with Gasteiger partial charge in [0.25, 0.3) is 0 Å². The van der Waals surface area contributed by atoms with E-state index in [2.05, 4.69) is 12.1 Å². The highest BCUT2D eigenvalue weighted by Crippen LogP contribution is 2.48. The average molecular weight is 273 g/mol. The molecule has 4 nitrogen and oxygen atoms in total. The molecule has 1 amide bonds. The van der Waals surface area contributed by atoms with Crippen molar-refractivity contribution in [3.8, 4) is 0 Å². The van der Waals surface area contributed by atoms with Crippen molar-refractivity contribution in [3.05, 3.63) is 35.9 Å². The molecule has 1 saturated heterocycles. The van der Waals surface area contributed by atoms with E-state index in [0.29, 0.717) is 25.4 Å². The number of nitrogens with zero attached hydrogens (tertiary/aromatic N) is 1. The number of carboxylic acids is 1. The molecule has 2 aliphatic rings. The van der Waals surface area contributed by atoms with Crippen LogP contribution in [-0.4, -0.2) is 35.0 Å². The number of carbonyl (C=O) groups is 2. The lowest BCUT2D eigenvalue weighted by Gasteiger charge is -2.31. The van der Waals surface area contributed by atoms with Crippen LogP contribution >= 0.6 is 0 Å². The van der Waals surface area contributed by atoms with Crippen LogP contribution in [0.1, 0.15) is 30.7 Å². The molecule has 1 heterocycles. The van der Waals surface area contributed by atoms with Gasteiger partial charge in [-0.15, -0.1) is 0 Å². The fourth-order valence-electron chi connectivity index (χ4n) is 3.15. The van der Waals surface area contributed by atoms with Gasteiger partial charge in [0.15, 0.2) is 0 Å². The minimum absolute atomic E-state index is 0.0601. The molecule has 2 unspecified atom stereocenters. The third-order valence-corrected chi connectivity index (χ3v) is 4.42. The summed E-state index contributed by atoms with van der Waals surface area (Å²) in [5.74, 6) is -0.636. The molecule has 20 heavy (non-hydrogen) atoms. The van der Waals surface area contributed by atoms with Crippen molar-refractivity contribution in [1.29, 1.82) is 0 Å². The molecule has 106 valence electrons. The number of hydrogen-bond acceptors (Lipinski definition) is 2. The van der Waals surface area contributed by atoms with E-state index in [4.69, 9.17) is 5.11 Å². The maximum absolute atomic E-state index is 12.4. The Hall–Kier alpha value is -1.84. The van der Waals surface area contributed by atoms with Gasteiger partial charge in [0.2, 0.25) is 5.91 Å². The average Bonchev–Trinajstić information content (AvgIpc) is 3.28. The number of carboxylic acid groups (broad SMARTS) is 1. The first-order valence-corrected chi connectivity index (χ1v) is 7.23. The number of piperidine rings is 1. The van der Waals surface area contributed by atoms with Crippen LogP contribution in [0.2, 0.25) is 0 Å². The zero-order chi connectivity index (χ0) is 14.1. The van der Waals surface area contributed by atoms with E-state index >= 15 is 0 Å². The van der Waals surface area contributed by atoms with Crippen molar-refractivity contribution in [2.45, 2.75) is 25.2 Å². The Labute approximate surface area is 118 Å². The number of amides is 1. The highest BCUT2D eigenvalue weighted by molar-refractivity contribution is 5.84. The van der Waals surface area contributed by atoms with Crippen molar-refractivity contribution >= 4 is 11.9 Å². The van der Waals surface area contributed by atoms with Crippen molar-refractivity contribution in [1.82, 2.24) is 4.90 Å². The molecular weight excluding hydrogens is 254 g/mol. The van der Waals surface area contributed by atoms with E-state index in [0.717, 1.165) is 12.8 Å². The van der Waals surface area contributed by atoms with Gasteiger partial charge in [-0.05, 0) is 30.7 Å². The lowest BCUT2D eigenvalue weighted by molar-refractivity contribution is -0.146. The summed E-state index contributed by atoms with van der Waals surface area (Å²) in [6, 6.07) is 10.1. The van der Waals surface area contributed by atoms with E-state index in [1.807, 2.05) is 18.2 Å². The number of benzene rings is 1. The molecule has 3 atom stereocenters. The first-order chi connectivity index (χ1) is 9.66. The molecule has 1 aromatic carbocycles. The van der Waals surface area contributed by atoms with Crippen LogP contribution in [0.15, 0.2) is 30.3 Å². The summed E-state index contributed by atoms with van der Waals surface area (Å²) in [6.45, 7) is 1.09. The molecule has 0 aromatic heterocycles. The quantitative estimate of drug-likeness (QED) is 0.917. The Kier molecular flexibility index (Phi) is 3.47. The smallest absolute Gasteiger partial charge is 0.308 e. The summed E-state index contributed by atoms with van der Waals surface area (Å²) in [5, 5.41) is 9.08. The second-order valence-electron chi connectivity index (χ2n) is 5.82. The van der Waals surface area contributed by atoms with Crippen molar-refractivity contribution in [3.63, 3.8) is 0 Å². The van der Waals surface area contributed by atoms with Crippen LogP contribution in [0.4, 0.5) is 0 Å². The molecule has 0 spiro atoms. The van der Waals surface area contributed by atoms with Gasteiger partial charge in [0.05, 0.1) is 5.92 Å². The second kappa shape index (κ2) is 5.27. The summed E-state index contributed by atoms with van der Waals surface area (Å²) in [7, 11) is 0. The fourth-order valence-corrected chi connectivity index (χ4v) is 3.15. The molecule has 1 aliphatic heterocycles. The summed E-state index contributed by atoms with van der Waals surface area (Å²) in [4.78, 5) is 25.3. The van der Waals surface area contributed by atoms with Crippen LogP contribution in [0.5, 0.6) is 0 Å². The Bertz CT molecular complexity index is 514. The highest BCUT2D eigenvalue weighted by Gasteiger charge is 2.46. The van der Waals surface area contributed by atoms with Crippen molar-refractivity contribution in [2.24, 2.45) is 11.8 Å². The third-order valence-electron chi connectivity index (χ3n) is 4.42. The van der Waals surface area contributed by atoms with E-state index in [1.165, 1.54) is 5.56 Å². The molecule has 1 aromatic rings. The predicted molar refractivity (Wildman–Crippen MR) is 74.2 cm³/mol. The number of hydrogen-bond donors (Lipinski definition) is 1. The lowest BCUT2D eigenvalue weighted by atomic mass is 9.97. The zero-order valence-electron chi connectivity index (χ0n) is 11.4. The lowest BCUT2D eigenvalue weighted by Crippen LogP contribution is -2.43.